The van der Waals surface area contributed by atoms with Gasteiger partial charge >= 0.3 is 0 Å². The molecular formula is C26H37NO4. The van der Waals surface area contributed by atoms with E-state index in [4.69, 9.17) is 18.9 Å². The summed E-state index contributed by atoms with van der Waals surface area (Å²) in [5.41, 5.74) is 2.58. The van der Waals surface area contributed by atoms with Gasteiger partial charge < -0.3 is 24.3 Å². The normalized spacial score (nSPS) is 23.4. The summed E-state index contributed by atoms with van der Waals surface area (Å²) in [5, 5.41) is 3.64. The van der Waals surface area contributed by atoms with Gasteiger partial charge in [-0.3, -0.25) is 0 Å². The minimum Gasteiger partial charge on any atom is -0.497 e. The highest BCUT2D eigenvalue weighted by atomic mass is 16.5. The summed E-state index contributed by atoms with van der Waals surface area (Å²) < 4.78 is 22.3. The third kappa shape index (κ3) is 5.52. The van der Waals surface area contributed by atoms with E-state index in [0.29, 0.717) is 0 Å². The molecule has 0 bridgehead atoms. The predicted molar refractivity (Wildman–Crippen MR) is 124 cm³/mol. The molecule has 170 valence electrons. The molecule has 0 spiro atoms. The van der Waals surface area contributed by atoms with Gasteiger partial charge in [0.1, 0.15) is 5.75 Å². The number of ether oxygens (including phenoxy) is 4. The first kappa shape index (κ1) is 23.4. The standard InChI is InChI=1S/C26H37NO4/c1-6-25(2)19-26(14-16-31-25,21-8-10-22(28-3)11-9-21)13-15-27-18-20-7-12-23(29-4)24(17-20)30-5/h7-12,17,27H,6,13-16,18-19H2,1-5H3/t25-,26+/m0/s1. The van der Waals surface area contributed by atoms with Crippen molar-refractivity contribution in [3.63, 3.8) is 0 Å². The van der Waals surface area contributed by atoms with Crippen molar-refractivity contribution < 1.29 is 18.9 Å². The summed E-state index contributed by atoms with van der Waals surface area (Å²) in [6.07, 6.45) is 4.14. The van der Waals surface area contributed by atoms with Gasteiger partial charge in [0, 0.05) is 18.6 Å². The summed E-state index contributed by atoms with van der Waals surface area (Å²) >= 11 is 0. The van der Waals surface area contributed by atoms with E-state index in [1.165, 1.54) is 11.1 Å². The van der Waals surface area contributed by atoms with E-state index in [2.05, 4.69) is 49.5 Å². The van der Waals surface area contributed by atoms with Crippen LogP contribution in [0.4, 0.5) is 0 Å². The average molecular weight is 428 g/mol. The van der Waals surface area contributed by atoms with E-state index in [1.54, 1.807) is 21.3 Å². The first-order chi connectivity index (χ1) is 15.0. The maximum atomic E-state index is 6.19. The van der Waals surface area contributed by atoms with Crippen molar-refractivity contribution in [1.29, 1.82) is 0 Å². The molecular weight excluding hydrogens is 390 g/mol. The molecule has 1 fully saturated rings. The third-order valence-electron chi connectivity index (χ3n) is 6.75. The molecule has 1 N–H and O–H groups in total. The van der Waals surface area contributed by atoms with Gasteiger partial charge in [-0.1, -0.05) is 25.1 Å². The van der Waals surface area contributed by atoms with Gasteiger partial charge in [-0.25, -0.2) is 0 Å². The fourth-order valence-corrected chi connectivity index (χ4v) is 4.67. The van der Waals surface area contributed by atoms with Crippen molar-refractivity contribution in [2.75, 3.05) is 34.5 Å². The van der Waals surface area contributed by atoms with Crippen molar-refractivity contribution in [2.45, 2.75) is 57.1 Å². The lowest BCUT2D eigenvalue weighted by Gasteiger charge is -2.47. The minimum absolute atomic E-state index is 0.0818. The van der Waals surface area contributed by atoms with Gasteiger partial charge in [-0.15, -0.1) is 0 Å². The number of hydrogen-bond acceptors (Lipinski definition) is 5. The Bertz CT molecular complexity index is 838. The van der Waals surface area contributed by atoms with Crippen LogP contribution in [0, 0.1) is 0 Å². The molecule has 0 aromatic heterocycles. The lowest BCUT2D eigenvalue weighted by molar-refractivity contribution is -0.0979. The number of methoxy groups -OCH3 is 3. The second kappa shape index (κ2) is 10.4. The number of nitrogens with one attached hydrogen (secondary N) is 1. The molecule has 1 aliphatic rings. The van der Waals surface area contributed by atoms with Crippen LogP contribution in [0.25, 0.3) is 0 Å². The van der Waals surface area contributed by atoms with Gasteiger partial charge in [-0.2, -0.15) is 0 Å². The molecule has 3 rings (SSSR count). The van der Waals surface area contributed by atoms with Gasteiger partial charge in [0.05, 0.1) is 26.9 Å². The number of rotatable bonds is 10. The van der Waals surface area contributed by atoms with E-state index in [9.17, 15) is 0 Å². The maximum absolute atomic E-state index is 6.19. The maximum Gasteiger partial charge on any atom is 0.161 e. The van der Waals surface area contributed by atoms with Crippen LogP contribution in [0.2, 0.25) is 0 Å². The van der Waals surface area contributed by atoms with E-state index in [1.807, 2.05) is 12.1 Å². The van der Waals surface area contributed by atoms with Crippen LogP contribution >= 0.6 is 0 Å². The third-order valence-corrected chi connectivity index (χ3v) is 6.75. The molecule has 2 aromatic carbocycles. The first-order valence-electron chi connectivity index (χ1n) is 11.2. The second-order valence-electron chi connectivity index (χ2n) is 8.70. The van der Waals surface area contributed by atoms with Crippen LogP contribution in [0.1, 0.15) is 50.7 Å². The summed E-state index contributed by atoms with van der Waals surface area (Å²) in [7, 11) is 5.04. The quantitative estimate of drug-likeness (QED) is 0.534. The minimum atomic E-state index is -0.0818. The summed E-state index contributed by atoms with van der Waals surface area (Å²) in [6.45, 7) is 6.99. The highest BCUT2D eigenvalue weighted by Crippen LogP contribution is 2.45. The largest absolute Gasteiger partial charge is 0.497 e. The van der Waals surface area contributed by atoms with Gasteiger partial charge in [0.15, 0.2) is 11.5 Å². The van der Waals surface area contributed by atoms with E-state index < -0.39 is 0 Å². The molecule has 1 saturated heterocycles. The first-order valence-corrected chi connectivity index (χ1v) is 11.2. The number of hydrogen-bond donors (Lipinski definition) is 1. The molecule has 0 unspecified atom stereocenters. The Labute approximate surface area is 187 Å². The highest BCUT2D eigenvalue weighted by molar-refractivity contribution is 5.42. The summed E-state index contributed by atoms with van der Waals surface area (Å²) in [4.78, 5) is 0. The lowest BCUT2D eigenvalue weighted by atomic mass is 9.66. The van der Waals surface area contributed by atoms with Crippen LogP contribution in [-0.2, 0) is 16.7 Å². The van der Waals surface area contributed by atoms with E-state index in [0.717, 1.165) is 62.6 Å². The Balaban J connectivity index is 1.70. The van der Waals surface area contributed by atoms with E-state index in [-0.39, 0.29) is 11.0 Å². The average Bonchev–Trinajstić information content (AvgIpc) is 2.81. The Morgan fingerprint density at radius 1 is 0.968 bits per heavy atom. The summed E-state index contributed by atoms with van der Waals surface area (Å²) in [6, 6.07) is 14.7. The SMILES string of the molecule is CC[C@@]1(C)C[C@](CCNCc2ccc(OC)c(OC)c2)(c2ccc(OC)cc2)CCO1. The van der Waals surface area contributed by atoms with E-state index >= 15 is 0 Å². The zero-order valence-corrected chi connectivity index (χ0v) is 19.6. The lowest BCUT2D eigenvalue weighted by Crippen LogP contribution is -2.46. The Morgan fingerprint density at radius 2 is 1.71 bits per heavy atom. The summed E-state index contributed by atoms with van der Waals surface area (Å²) in [5.74, 6) is 2.42. The molecule has 2 atom stereocenters. The fraction of sp³-hybridized carbons (Fsp3) is 0.538. The van der Waals surface area contributed by atoms with Crippen LogP contribution in [0.15, 0.2) is 42.5 Å². The van der Waals surface area contributed by atoms with Crippen molar-refractivity contribution in [1.82, 2.24) is 5.32 Å². The van der Waals surface area contributed by atoms with Gasteiger partial charge in [0.25, 0.3) is 0 Å². The molecule has 1 aliphatic heterocycles. The molecule has 2 aromatic rings. The van der Waals surface area contributed by atoms with Gasteiger partial charge in [-0.05, 0) is 74.5 Å². The molecule has 1 heterocycles. The van der Waals surface area contributed by atoms with Crippen molar-refractivity contribution in [3.05, 3.63) is 53.6 Å². The van der Waals surface area contributed by atoms with Crippen LogP contribution < -0.4 is 19.5 Å². The molecule has 5 heteroatoms. The van der Waals surface area contributed by atoms with Crippen LogP contribution in [0.3, 0.4) is 0 Å². The van der Waals surface area contributed by atoms with Gasteiger partial charge in [0.2, 0.25) is 0 Å². The molecule has 5 nitrogen and oxygen atoms in total. The van der Waals surface area contributed by atoms with Crippen molar-refractivity contribution in [2.24, 2.45) is 0 Å². The Kier molecular flexibility index (Phi) is 7.84. The Hall–Kier alpha value is -2.24. The molecule has 0 radical (unpaired) electrons. The number of benzene rings is 2. The Morgan fingerprint density at radius 3 is 2.35 bits per heavy atom. The molecule has 0 saturated carbocycles. The molecule has 0 aliphatic carbocycles. The van der Waals surface area contributed by atoms with Crippen LogP contribution in [0.5, 0.6) is 17.2 Å². The van der Waals surface area contributed by atoms with Crippen molar-refractivity contribution in [3.8, 4) is 17.2 Å². The fourth-order valence-electron chi connectivity index (χ4n) is 4.67. The second-order valence-corrected chi connectivity index (χ2v) is 8.70. The van der Waals surface area contributed by atoms with Crippen LogP contribution in [-0.4, -0.2) is 40.1 Å². The monoisotopic (exact) mass is 427 g/mol. The smallest absolute Gasteiger partial charge is 0.161 e. The molecule has 0 amide bonds. The zero-order chi connectivity index (χ0) is 22.3. The topological polar surface area (TPSA) is 49.0 Å². The molecule has 31 heavy (non-hydrogen) atoms. The van der Waals surface area contributed by atoms with Crippen molar-refractivity contribution >= 4 is 0 Å². The highest BCUT2D eigenvalue weighted by Gasteiger charge is 2.43. The zero-order valence-electron chi connectivity index (χ0n) is 19.6. The predicted octanol–water partition coefficient (Wildman–Crippen LogP) is 5.11.